The summed E-state index contributed by atoms with van der Waals surface area (Å²) in [6.07, 6.45) is 4.88. The van der Waals surface area contributed by atoms with Gasteiger partial charge in [0.15, 0.2) is 0 Å². The number of fused-ring (bicyclic) bond motifs is 2. The summed E-state index contributed by atoms with van der Waals surface area (Å²) >= 11 is -2.19. The van der Waals surface area contributed by atoms with E-state index in [4.69, 9.17) is 0 Å². The van der Waals surface area contributed by atoms with Crippen molar-refractivity contribution in [1.82, 2.24) is 4.72 Å². The normalized spacial score (nSPS) is 14.7. The maximum atomic E-state index is 10.6. The van der Waals surface area contributed by atoms with Gasteiger partial charge in [0.2, 0.25) is 0 Å². The third kappa shape index (κ3) is 3.35. The summed E-state index contributed by atoms with van der Waals surface area (Å²) < 4.78 is 23.6. The second-order valence-corrected chi connectivity index (χ2v) is 6.11. The number of hydrogen-bond acceptors (Lipinski definition) is 2. The zero-order valence-corrected chi connectivity index (χ0v) is 13.1. The van der Waals surface area contributed by atoms with Gasteiger partial charge in [-0.1, -0.05) is 54.6 Å². The molecule has 0 saturated heterocycles. The molecule has 0 saturated carbocycles. The molecule has 114 valence electrons. The van der Waals surface area contributed by atoms with Crippen LogP contribution in [0, 0.1) is 0 Å². The Bertz CT molecular complexity index is 675. The zero-order valence-electron chi connectivity index (χ0n) is 12.2. The summed E-state index contributed by atoms with van der Waals surface area (Å²) in [4.78, 5) is 0. The van der Waals surface area contributed by atoms with E-state index in [1.165, 1.54) is 27.8 Å². The van der Waals surface area contributed by atoms with Crippen LogP contribution in [0.25, 0.3) is 5.57 Å². The molecular weight excluding hydrogens is 294 g/mol. The van der Waals surface area contributed by atoms with Crippen LogP contribution in [0.15, 0.2) is 54.6 Å². The molecule has 0 amide bonds. The van der Waals surface area contributed by atoms with Crippen molar-refractivity contribution in [3.63, 3.8) is 0 Å². The first-order valence-electron chi connectivity index (χ1n) is 7.45. The topological polar surface area (TPSA) is 52.2 Å². The van der Waals surface area contributed by atoms with Gasteiger partial charge in [-0.25, -0.2) is 4.72 Å². The van der Waals surface area contributed by atoms with Crippen LogP contribution in [0.1, 0.15) is 28.7 Å². The van der Waals surface area contributed by atoms with E-state index in [1.54, 1.807) is 0 Å². The van der Waals surface area contributed by atoms with Crippen LogP contribution in [-0.4, -0.2) is 15.3 Å². The monoisotopic (exact) mass is 312 g/mol. The van der Waals surface area contributed by atoms with Crippen LogP contribution in [0.4, 0.5) is 0 Å². The minimum Gasteiger partial charge on any atom is -0.760 e. The highest BCUT2D eigenvalue weighted by molar-refractivity contribution is 7.77. The maximum absolute atomic E-state index is 10.6. The molecule has 3 nitrogen and oxygen atoms in total. The lowest BCUT2D eigenvalue weighted by molar-refractivity contribution is 0.523. The molecule has 0 aliphatic heterocycles. The van der Waals surface area contributed by atoms with E-state index in [0.29, 0.717) is 13.0 Å². The summed E-state index contributed by atoms with van der Waals surface area (Å²) in [5.41, 5.74) is 6.43. The van der Waals surface area contributed by atoms with E-state index < -0.39 is 11.3 Å². The Hall–Kier alpha value is -1.75. The SMILES string of the molecule is O=S([O-])NCCC=C1c2ccccc2CCc2ccccc21. The van der Waals surface area contributed by atoms with Crippen molar-refractivity contribution in [2.45, 2.75) is 19.3 Å². The van der Waals surface area contributed by atoms with Crippen LogP contribution in [0.5, 0.6) is 0 Å². The van der Waals surface area contributed by atoms with Gasteiger partial charge in [-0.05, 0) is 47.1 Å². The highest BCUT2D eigenvalue weighted by atomic mass is 32.2. The van der Waals surface area contributed by atoms with Gasteiger partial charge in [-0.2, -0.15) is 0 Å². The van der Waals surface area contributed by atoms with Gasteiger partial charge in [-0.15, -0.1) is 0 Å². The summed E-state index contributed by atoms with van der Waals surface area (Å²) in [5, 5.41) is 0. The lowest BCUT2D eigenvalue weighted by Crippen LogP contribution is -2.17. The zero-order chi connectivity index (χ0) is 15.4. The summed E-state index contributed by atoms with van der Waals surface area (Å²) in [7, 11) is 0. The molecule has 1 atom stereocenters. The molecule has 3 rings (SSSR count). The lowest BCUT2D eigenvalue weighted by atomic mass is 9.93. The molecular formula is C18H18NO2S-. The molecule has 1 N–H and O–H groups in total. The van der Waals surface area contributed by atoms with Crippen molar-refractivity contribution >= 4 is 16.8 Å². The molecule has 4 heteroatoms. The Morgan fingerprint density at radius 2 is 1.55 bits per heavy atom. The molecule has 1 unspecified atom stereocenters. The molecule has 2 aromatic carbocycles. The molecule has 0 radical (unpaired) electrons. The molecule has 1 aliphatic carbocycles. The highest BCUT2D eigenvalue weighted by Crippen LogP contribution is 2.33. The van der Waals surface area contributed by atoms with E-state index in [9.17, 15) is 8.76 Å². The Morgan fingerprint density at radius 1 is 1.00 bits per heavy atom. The summed E-state index contributed by atoms with van der Waals surface area (Å²) in [5.74, 6) is 0. The Labute approximate surface area is 133 Å². The van der Waals surface area contributed by atoms with E-state index in [1.807, 2.05) is 0 Å². The molecule has 2 aromatic rings. The number of benzene rings is 2. The average molecular weight is 312 g/mol. The van der Waals surface area contributed by atoms with Gasteiger partial charge in [0.1, 0.15) is 0 Å². The van der Waals surface area contributed by atoms with Crippen molar-refractivity contribution in [1.29, 1.82) is 0 Å². The van der Waals surface area contributed by atoms with E-state index in [0.717, 1.165) is 12.8 Å². The van der Waals surface area contributed by atoms with Crippen LogP contribution >= 0.6 is 0 Å². The average Bonchev–Trinajstić information content (AvgIpc) is 2.69. The molecule has 0 bridgehead atoms. The number of hydrogen-bond donors (Lipinski definition) is 1. The number of nitrogens with one attached hydrogen (secondary N) is 1. The molecule has 0 spiro atoms. The van der Waals surface area contributed by atoms with Crippen molar-refractivity contribution in [2.75, 3.05) is 6.54 Å². The van der Waals surface area contributed by atoms with Crippen LogP contribution in [-0.2, 0) is 24.1 Å². The third-order valence-corrected chi connectivity index (χ3v) is 4.43. The molecule has 0 fully saturated rings. The first-order valence-corrected chi connectivity index (χ1v) is 8.52. The van der Waals surface area contributed by atoms with E-state index >= 15 is 0 Å². The first kappa shape index (κ1) is 15.2. The van der Waals surface area contributed by atoms with Gasteiger partial charge in [-0.3, -0.25) is 4.21 Å². The fraction of sp³-hybridized carbons (Fsp3) is 0.222. The maximum Gasteiger partial charge on any atom is 0.0181 e. The Kier molecular flexibility index (Phi) is 4.83. The quantitative estimate of drug-likeness (QED) is 0.697. The number of aryl methyl sites for hydroxylation is 2. The molecule has 22 heavy (non-hydrogen) atoms. The van der Waals surface area contributed by atoms with Gasteiger partial charge >= 0.3 is 0 Å². The van der Waals surface area contributed by atoms with Crippen LogP contribution < -0.4 is 4.72 Å². The largest absolute Gasteiger partial charge is 0.760 e. The Morgan fingerprint density at radius 3 is 2.09 bits per heavy atom. The number of rotatable bonds is 4. The van der Waals surface area contributed by atoms with Gasteiger partial charge in [0, 0.05) is 17.8 Å². The molecule has 0 heterocycles. The summed E-state index contributed by atoms with van der Waals surface area (Å²) in [6.45, 7) is 0.421. The lowest BCUT2D eigenvalue weighted by Gasteiger charge is -2.12. The van der Waals surface area contributed by atoms with E-state index in [2.05, 4.69) is 59.3 Å². The van der Waals surface area contributed by atoms with Crippen LogP contribution in [0.2, 0.25) is 0 Å². The van der Waals surface area contributed by atoms with Crippen molar-refractivity contribution in [3.05, 3.63) is 76.9 Å². The fourth-order valence-electron chi connectivity index (χ4n) is 3.00. The predicted octanol–water partition coefficient (Wildman–Crippen LogP) is 2.99. The summed E-state index contributed by atoms with van der Waals surface area (Å²) in [6, 6.07) is 16.9. The minimum atomic E-state index is -2.19. The second-order valence-electron chi connectivity index (χ2n) is 5.35. The Balaban J connectivity index is 1.98. The third-order valence-electron chi connectivity index (χ3n) is 3.99. The van der Waals surface area contributed by atoms with Crippen molar-refractivity contribution in [2.24, 2.45) is 0 Å². The van der Waals surface area contributed by atoms with Crippen molar-refractivity contribution < 1.29 is 8.76 Å². The van der Waals surface area contributed by atoms with Crippen molar-refractivity contribution in [3.8, 4) is 0 Å². The standard InChI is InChI=1S/C18H19NO2S/c20-22(21)19-13-5-10-18-16-8-3-1-6-14(16)11-12-15-7-2-4-9-17(15)18/h1-4,6-10,19H,5,11-13H2,(H,20,21)/p-1. The van der Waals surface area contributed by atoms with E-state index in [-0.39, 0.29) is 0 Å². The molecule has 0 aromatic heterocycles. The predicted molar refractivity (Wildman–Crippen MR) is 88.9 cm³/mol. The molecule has 1 aliphatic rings. The smallest absolute Gasteiger partial charge is 0.0181 e. The van der Waals surface area contributed by atoms with Gasteiger partial charge < -0.3 is 4.55 Å². The minimum absolute atomic E-state index is 0.421. The van der Waals surface area contributed by atoms with Gasteiger partial charge in [0.25, 0.3) is 0 Å². The second kappa shape index (κ2) is 7.01. The van der Waals surface area contributed by atoms with Crippen LogP contribution in [0.3, 0.4) is 0 Å². The fourth-order valence-corrected chi connectivity index (χ4v) is 3.28. The highest BCUT2D eigenvalue weighted by Gasteiger charge is 2.16. The first-order chi connectivity index (χ1) is 10.8. The van der Waals surface area contributed by atoms with Gasteiger partial charge in [0.05, 0.1) is 0 Å².